The molecule has 104 valence electrons. The fourth-order valence-corrected chi connectivity index (χ4v) is 2.41. The molecule has 0 aliphatic heterocycles. The van der Waals surface area contributed by atoms with Crippen LogP contribution >= 0.6 is 11.3 Å². The van der Waals surface area contributed by atoms with E-state index in [1.165, 1.54) is 5.56 Å². The Bertz CT molecular complexity index is 631. The van der Waals surface area contributed by atoms with Crippen LogP contribution in [0.4, 0.5) is 5.13 Å². The van der Waals surface area contributed by atoms with Crippen LogP contribution in [-0.4, -0.2) is 17.1 Å². The molecule has 0 saturated carbocycles. The van der Waals surface area contributed by atoms with Crippen LogP contribution in [0.2, 0.25) is 0 Å². The lowest BCUT2D eigenvalue weighted by molar-refractivity contribution is 0.0958. The summed E-state index contributed by atoms with van der Waals surface area (Å²) in [7, 11) is 0. The molecule has 2 aromatic rings. The second-order valence-corrected chi connectivity index (χ2v) is 5.29. The molecular formula is C14H16N4OS. The number of nitrogens with zero attached hydrogens (tertiary/aromatic N) is 2. The molecule has 1 aromatic heterocycles. The summed E-state index contributed by atoms with van der Waals surface area (Å²) >= 11 is 1.15. The molecule has 2 rings (SSSR count). The number of nitrogen functional groups attached to an aromatic ring is 1. The SMILES string of the molecule is CCc1ccc(/C=N\NC(=O)c2sc(N)nc2C)cc1. The molecule has 0 aliphatic rings. The Morgan fingerprint density at radius 2 is 2.15 bits per heavy atom. The van der Waals surface area contributed by atoms with Crippen molar-refractivity contribution in [2.75, 3.05) is 5.73 Å². The molecule has 0 fully saturated rings. The summed E-state index contributed by atoms with van der Waals surface area (Å²) in [5.41, 5.74) is 10.8. The summed E-state index contributed by atoms with van der Waals surface area (Å²) in [4.78, 5) is 16.3. The van der Waals surface area contributed by atoms with Crippen molar-refractivity contribution in [2.45, 2.75) is 20.3 Å². The van der Waals surface area contributed by atoms with Gasteiger partial charge in [0.05, 0.1) is 11.9 Å². The zero-order valence-corrected chi connectivity index (χ0v) is 12.2. The van der Waals surface area contributed by atoms with Gasteiger partial charge in [-0.2, -0.15) is 5.10 Å². The molecule has 0 saturated heterocycles. The normalized spacial score (nSPS) is 10.9. The number of aryl methyl sites for hydroxylation is 2. The van der Waals surface area contributed by atoms with Crippen LogP contribution in [-0.2, 0) is 6.42 Å². The smallest absolute Gasteiger partial charge is 0.283 e. The Kier molecular flexibility index (Phi) is 4.47. The van der Waals surface area contributed by atoms with E-state index in [2.05, 4.69) is 22.4 Å². The third kappa shape index (κ3) is 3.42. The summed E-state index contributed by atoms with van der Waals surface area (Å²) in [6, 6.07) is 8.00. The molecule has 0 spiro atoms. The number of hydrogen-bond donors (Lipinski definition) is 2. The Hall–Kier alpha value is -2.21. The Balaban J connectivity index is 1.98. The number of rotatable bonds is 4. The van der Waals surface area contributed by atoms with Crippen LogP contribution < -0.4 is 11.2 Å². The topological polar surface area (TPSA) is 80.4 Å². The minimum atomic E-state index is -0.293. The maximum Gasteiger partial charge on any atom is 0.283 e. The van der Waals surface area contributed by atoms with Crippen molar-refractivity contribution < 1.29 is 4.79 Å². The van der Waals surface area contributed by atoms with Crippen molar-refractivity contribution in [1.82, 2.24) is 10.4 Å². The quantitative estimate of drug-likeness (QED) is 0.669. The van der Waals surface area contributed by atoms with Crippen LogP contribution in [0.25, 0.3) is 0 Å². The molecule has 6 heteroatoms. The van der Waals surface area contributed by atoms with E-state index < -0.39 is 0 Å². The van der Waals surface area contributed by atoms with Crippen LogP contribution in [0.5, 0.6) is 0 Å². The lowest BCUT2D eigenvalue weighted by atomic mass is 10.1. The number of nitrogens with two attached hydrogens (primary N) is 1. The van der Waals surface area contributed by atoms with E-state index in [1.54, 1.807) is 13.1 Å². The summed E-state index contributed by atoms with van der Waals surface area (Å²) in [6.07, 6.45) is 2.61. The van der Waals surface area contributed by atoms with E-state index in [-0.39, 0.29) is 5.91 Å². The van der Waals surface area contributed by atoms with Gasteiger partial charge in [-0.05, 0) is 24.5 Å². The number of aromatic nitrogens is 1. The predicted molar refractivity (Wildman–Crippen MR) is 82.1 cm³/mol. The molecule has 0 bridgehead atoms. The van der Waals surface area contributed by atoms with Crippen molar-refractivity contribution >= 4 is 28.6 Å². The van der Waals surface area contributed by atoms with Gasteiger partial charge in [-0.3, -0.25) is 4.79 Å². The standard InChI is InChI=1S/C14H16N4OS/c1-3-10-4-6-11(7-5-10)8-16-18-13(19)12-9(2)17-14(15)20-12/h4-8H,3H2,1-2H3,(H2,15,17)(H,18,19)/b16-8-. The molecule has 0 aliphatic carbocycles. The number of hydrogen-bond acceptors (Lipinski definition) is 5. The number of benzene rings is 1. The molecular weight excluding hydrogens is 272 g/mol. The number of carbonyl (C=O) groups is 1. The van der Waals surface area contributed by atoms with Gasteiger partial charge in [-0.1, -0.05) is 42.5 Å². The minimum absolute atomic E-state index is 0.293. The molecule has 1 heterocycles. The van der Waals surface area contributed by atoms with Crippen molar-refractivity contribution in [2.24, 2.45) is 5.10 Å². The van der Waals surface area contributed by atoms with Gasteiger partial charge in [-0.15, -0.1) is 0 Å². The van der Waals surface area contributed by atoms with E-state index >= 15 is 0 Å². The van der Waals surface area contributed by atoms with Gasteiger partial charge in [0.2, 0.25) is 0 Å². The highest BCUT2D eigenvalue weighted by atomic mass is 32.1. The highest BCUT2D eigenvalue weighted by molar-refractivity contribution is 7.17. The molecule has 0 radical (unpaired) electrons. The van der Waals surface area contributed by atoms with Crippen molar-refractivity contribution in [3.63, 3.8) is 0 Å². The average molecular weight is 288 g/mol. The summed E-state index contributed by atoms with van der Waals surface area (Å²) in [5, 5.41) is 4.32. The maximum atomic E-state index is 11.9. The second kappa shape index (κ2) is 6.29. The monoisotopic (exact) mass is 288 g/mol. The number of hydrazone groups is 1. The van der Waals surface area contributed by atoms with Gasteiger partial charge >= 0.3 is 0 Å². The third-order valence-corrected chi connectivity index (χ3v) is 3.77. The lowest BCUT2D eigenvalue weighted by Gasteiger charge is -1.98. The summed E-state index contributed by atoms with van der Waals surface area (Å²) in [5.74, 6) is -0.293. The number of anilines is 1. The third-order valence-electron chi connectivity index (χ3n) is 2.79. The first kappa shape index (κ1) is 14.2. The van der Waals surface area contributed by atoms with Gasteiger partial charge in [0.15, 0.2) is 5.13 Å². The van der Waals surface area contributed by atoms with Crippen molar-refractivity contribution in [3.05, 3.63) is 46.0 Å². The van der Waals surface area contributed by atoms with Crippen LogP contribution in [0.1, 0.15) is 33.4 Å². The molecule has 3 N–H and O–H groups in total. The first-order valence-corrected chi connectivity index (χ1v) is 7.07. The molecule has 1 amide bonds. The lowest BCUT2D eigenvalue weighted by Crippen LogP contribution is -2.17. The molecule has 0 atom stereocenters. The molecule has 0 unspecified atom stereocenters. The first-order valence-electron chi connectivity index (χ1n) is 6.25. The zero-order chi connectivity index (χ0) is 14.5. The minimum Gasteiger partial charge on any atom is -0.375 e. The predicted octanol–water partition coefficient (Wildman–Crippen LogP) is 2.36. The largest absolute Gasteiger partial charge is 0.375 e. The number of carbonyl (C=O) groups excluding carboxylic acids is 1. The van der Waals surface area contributed by atoms with E-state index in [0.29, 0.717) is 15.7 Å². The van der Waals surface area contributed by atoms with Gasteiger partial charge in [0.1, 0.15) is 4.88 Å². The summed E-state index contributed by atoms with van der Waals surface area (Å²) < 4.78 is 0. The van der Waals surface area contributed by atoms with Crippen molar-refractivity contribution in [3.8, 4) is 0 Å². The molecule has 5 nitrogen and oxygen atoms in total. The Labute approximate surface area is 121 Å². The highest BCUT2D eigenvalue weighted by Gasteiger charge is 2.12. The maximum absolute atomic E-state index is 11.9. The number of amides is 1. The number of thiazole rings is 1. The van der Waals surface area contributed by atoms with Gasteiger partial charge in [0.25, 0.3) is 5.91 Å². The average Bonchev–Trinajstić information content (AvgIpc) is 2.78. The van der Waals surface area contributed by atoms with Crippen LogP contribution in [0, 0.1) is 6.92 Å². The van der Waals surface area contributed by atoms with E-state index in [4.69, 9.17) is 5.73 Å². The van der Waals surface area contributed by atoms with Gasteiger partial charge in [0, 0.05) is 0 Å². The zero-order valence-electron chi connectivity index (χ0n) is 11.4. The van der Waals surface area contributed by atoms with E-state index in [0.717, 1.165) is 23.3 Å². The fraction of sp³-hybridized carbons (Fsp3) is 0.214. The first-order chi connectivity index (χ1) is 9.60. The van der Waals surface area contributed by atoms with E-state index in [1.807, 2.05) is 24.3 Å². The summed E-state index contributed by atoms with van der Waals surface area (Å²) in [6.45, 7) is 3.85. The Morgan fingerprint density at radius 1 is 1.45 bits per heavy atom. The number of nitrogens with one attached hydrogen (secondary N) is 1. The highest BCUT2D eigenvalue weighted by Crippen LogP contribution is 2.19. The Morgan fingerprint density at radius 3 is 2.70 bits per heavy atom. The van der Waals surface area contributed by atoms with Crippen LogP contribution in [0.3, 0.4) is 0 Å². The second-order valence-electron chi connectivity index (χ2n) is 4.26. The molecule has 1 aromatic carbocycles. The van der Waals surface area contributed by atoms with Crippen LogP contribution in [0.15, 0.2) is 29.4 Å². The van der Waals surface area contributed by atoms with E-state index in [9.17, 15) is 4.79 Å². The fourth-order valence-electron chi connectivity index (χ4n) is 1.68. The van der Waals surface area contributed by atoms with Crippen molar-refractivity contribution in [1.29, 1.82) is 0 Å². The molecule has 20 heavy (non-hydrogen) atoms. The van der Waals surface area contributed by atoms with Gasteiger partial charge < -0.3 is 5.73 Å². The van der Waals surface area contributed by atoms with Gasteiger partial charge in [-0.25, -0.2) is 10.4 Å².